The smallest absolute Gasteiger partial charge is 0.183 e. The highest BCUT2D eigenvalue weighted by Crippen LogP contribution is 2.17. The molecule has 0 amide bonds. The molecule has 72 valence electrons. The summed E-state index contributed by atoms with van der Waals surface area (Å²) in [5, 5.41) is 18.7. The fourth-order valence-electron chi connectivity index (χ4n) is 1.23. The predicted molar refractivity (Wildman–Crippen MR) is 39.6 cm³/mol. The molecule has 5 nitrogen and oxygen atoms in total. The van der Waals surface area contributed by atoms with E-state index >= 15 is 0 Å². The zero-order chi connectivity index (χ0) is 9.14. The van der Waals surface area contributed by atoms with E-state index in [-0.39, 0.29) is 6.61 Å². The topological polar surface area (TPSA) is 68.2 Å². The van der Waals surface area contributed by atoms with Crippen molar-refractivity contribution in [3.8, 4) is 0 Å². The summed E-state index contributed by atoms with van der Waals surface area (Å²) in [4.78, 5) is 0. The largest absolute Gasteiger partial charge is 0.387 e. The summed E-state index contributed by atoms with van der Waals surface area (Å²) in [5.41, 5.74) is 0. The maximum atomic E-state index is 9.51. The van der Waals surface area contributed by atoms with Crippen molar-refractivity contribution in [2.75, 3.05) is 20.8 Å². The standard InChI is InChI=1S/C7H14O5/c1-10-4-3-12-7(9)6(11-2)5(4)8/h4-9H,3H2,1-2H3/t4-,5+,6-,7+/m1/s1. The zero-order valence-corrected chi connectivity index (χ0v) is 7.14. The van der Waals surface area contributed by atoms with E-state index in [2.05, 4.69) is 0 Å². The average molecular weight is 178 g/mol. The molecular formula is C7H14O5. The van der Waals surface area contributed by atoms with Crippen molar-refractivity contribution < 1.29 is 24.4 Å². The summed E-state index contributed by atoms with van der Waals surface area (Å²) in [7, 11) is 2.88. The highest BCUT2D eigenvalue weighted by Gasteiger charge is 2.38. The predicted octanol–water partition coefficient (Wildman–Crippen LogP) is -1.27. The third kappa shape index (κ3) is 1.75. The van der Waals surface area contributed by atoms with Crippen LogP contribution in [0.3, 0.4) is 0 Å². The quantitative estimate of drug-likeness (QED) is 0.551. The lowest BCUT2D eigenvalue weighted by molar-refractivity contribution is -0.262. The Balaban J connectivity index is 2.56. The Hall–Kier alpha value is -0.200. The Labute approximate surface area is 70.9 Å². The van der Waals surface area contributed by atoms with Gasteiger partial charge in [0.15, 0.2) is 6.29 Å². The number of hydrogen-bond donors (Lipinski definition) is 2. The first-order chi connectivity index (χ1) is 5.70. The van der Waals surface area contributed by atoms with Crippen molar-refractivity contribution in [3.05, 3.63) is 0 Å². The second-order valence-corrected chi connectivity index (χ2v) is 2.69. The molecule has 0 unspecified atom stereocenters. The van der Waals surface area contributed by atoms with E-state index in [1.807, 2.05) is 0 Å². The second kappa shape index (κ2) is 4.15. The Morgan fingerprint density at radius 2 is 1.92 bits per heavy atom. The van der Waals surface area contributed by atoms with Crippen LogP contribution >= 0.6 is 0 Å². The van der Waals surface area contributed by atoms with Crippen LogP contribution in [0.25, 0.3) is 0 Å². The van der Waals surface area contributed by atoms with E-state index in [0.29, 0.717) is 0 Å². The summed E-state index contributed by atoms with van der Waals surface area (Å²) in [6, 6.07) is 0. The van der Waals surface area contributed by atoms with Gasteiger partial charge in [0, 0.05) is 14.2 Å². The molecule has 0 radical (unpaired) electrons. The van der Waals surface area contributed by atoms with E-state index in [0.717, 1.165) is 0 Å². The third-order valence-corrected chi connectivity index (χ3v) is 2.00. The molecule has 1 rings (SSSR count). The maximum absolute atomic E-state index is 9.51. The van der Waals surface area contributed by atoms with Gasteiger partial charge >= 0.3 is 0 Å². The monoisotopic (exact) mass is 178 g/mol. The van der Waals surface area contributed by atoms with Gasteiger partial charge in [0.25, 0.3) is 0 Å². The number of rotatable bonds is 2. The van der Waals surface area contributed by atoms with E-state index in [1.165, 1.54) is 14.2 Å². The minimum Gasteiger partial charge on any atom is -0.387 e. The number of hydrogen-bond acceptors (Lipinski definition) is 5. The van der Waals surface area contributed by atoms with Crippen LogP contribution < -0.4 is 0 Å². The Bertz CT molecular complexity index is 140. The highest BCUT2D eigenvalue weighted by molar-refractivity contribution is 4.83. The molecule has 2 N–H and O–H groups in total. The molecular weight excluding hydrogens is 164 g/mol. The molecule has 0 aromatic rings. The minimum absolute atomic E-state index is 0.179. The van der Waals surface area contributed by atoms with Crippen LogP contribution in [0.15, 0.2) is 0 Å². The number of methoxy groups -OCH3 is 2. The van der Waals surface area contributed by atoms with Gasteiger partial charge in [0.1, 0.15) is 18.3 Å². The van der Waals surface area contributed by atoms with Crippen molar-refractivity contribution >= 4 is 0 Å². The van der Waals surface area contributed by atoms with Gasteiger partial charge in [-0.2, -0.15) is 0 Å². The van der Waals surface area contributed by atoms with Gasteiger partial charge in [-0.1, -0.05) is 0 Å². The molecule has 0 spiro atoms. The van der Waals surface area contributed by atoms with Crippen LogP contribution in [-0.2, 0) is 14.2 Å². The van der Waals surface area contributed by atoms with Crippen LogP contribution in [0.4, 0.5) is 0 Å². The SMILES string of the molecule is CO[C@@H]1[C@@H](O)[C@H](OC)CO[C@@H]1O. The molecule has 1 fully saturated rings. The molecule has 0 aromatic carbocycles. The lowest BCUT2D eigenvalue weighted by Gasteiger charge is -2.36. The number of aliphatic hydroxyl groups is 2. The minimum atomic E-state index is -1.07. The molecule has 5 heteroatoms. The molecule has 0 bridgehead atoms. The molecule has 1 heterocycles. The van der Waals surface area contributed by atoms with E-state index in [9.17, 15) is 10.2 Å². The van der Waals surface area contributed by atoms with Crippen molar-refractivity contribution in [3.63, 3.8) is 0 Å². The molecule has 0 aromatic heterocycles. The molecule has 12 heavy (non-hydrogen) atoms. The summed E-state index contributed by atoms with van der Waals surface area (Å²) in [6.45, 7) is 0.179. The Morgan fingerprint density at radius 3 is 2.42 bits per heavy atom. The van der Waals surface area contributed by atoms with E-state index in [1.54, 1.807) is 0 Å². The molecule has 1 aliphatic heterocycles. The summed E-state index contributed by atoms with van der Waals surface area (Å²) < 4.78 is 14.7. The Morgan fingerprint density at radius 1 is 1.25 bits per heavy atom. The summed E-state index contributed by atoms with van der Waals surface area (Å²) >= 11 is 0. The van der Waals surface area contributed by atoms with Gasteiger partial charge in [-0.15, -0.1) is 0 Å². The van der Waals surface area contributed by atoms with Crippen molar-refractivity contribution in [1.82, 2.24) is 0 Å². The van der Waals surface area contributed by atoms with Gasteiger partial charge < -0.3 is 24.4 Å². The summed E-state index contributed by atoms with van der Waals surface area (Å²) in [6.07, 6.45) is -3.08. The zero-order valence-electron chi connectivity index (χ0n) is 7.14. The molecule has 1 aliphatic rings. The van der Waals surface area contributed by atoms with Gasteiger partial charge in [-0.05, 0) is 0 Å². The van der Waals surface area contributed by atoms with Gasteiger partial charge in [0.2, 0.25) is 0 Å². The number of aliphatic hydroxyl groups excluding tert-OH is 2. The lowest BCUT2D eigenvalue weighted by Crippen LogP contribution is -2.54. The Kier molecular flexibility index (Phi) is 3.42. The van der Waals surface area contributed by atoms with Crippen LogP contribution in [0.2, 0.25) is 0 Å². The molecule has 1 saturated heterocycles. The van der Waals surface area contributed by atoms with Crippen LogP contribution in [-0.4, -0.2) is 55.6 Å². The lowest BCUT2D eigenvalue weighted by atomic mass is 10.1. The average Bonchev–Trinajstić information content (AvgIpc) is 2.06. The van der Waals surface area contributed by atoms with Crippen LogP contribution in [0.5, 0.6) is 0 Å². The van der Waals surface area contributed by atoms with E-state index in [4.69, 9.17) is 14.2 Å². The third-order valence-electron chi connectivity index (χ3n) is 2.00. The van der Waals surface area contributed by atoms with Crippen molar-refractivity contribution in [1.29, 1.82) is 0 Å². The summed E-state index contributed by atoms with van der Waals surface area (Å²) in [5.74, 6) is 0. The first-order valence-electron chi connectivity index (χ1n) is 3.74. The van der Waals surface area contributed by atoms with Crippen LogP contribution in [0.1, 0.15) is 0 Å². The van der Waals surface area contributed by atoms with Gasteiger partial charge in [-0.25, -0.2) is 0 Å². The van der Waals surface area contributed by atoms with Crippen LogP contribution in [0, 0.1) is 0 Å². The second-order valence-electron chi connectivity index (χ2n) is 2.69. The normalized spacial score (nSPS) is 43.0. The first-order valence-corrected chi connectivity index (χ1v) is 3.74. The number of ether oxygens (including phenoxy) is 3. The van der Waals surface area contributed by atoms with Crippen molar-refractivity contribution in [2.45, 2.75) is 24.6 Å². The maximum Gasteiger partial charge on any atom is 0.183 e. The fraction of sp³-hybridized carbons (Fsp3) is 1.00. The van der Waals surface area contributed by atoms with Gasteiger partial charge in [-0.3, -0.25) is 0 Å². The van der Waals surface area contributed by atoms with Gasteiger partial charge in [0.05, 0.1) is 6.61 Å². The van der Waals surface area contributed by atoms with Crippen molar-refractivity contribution in [2.24, 2.45) is 0 Å². The molecule has 0 saturated carbocycles. The molecule has 4 atom stereocenters. The molecule has 0 aliphatic carbocycles. The fourth-order valence-corrected chi connectivity index (χ4v) is 1.23. The van der Waals surface area contributed by atoms with E-state index < -0.39 is 24.6 Å². The first kappa shape index (κ1) is 9.88. The highest BCUT2D eigenvalue weighted by atomic mass is 16.7.